The van der Waals surface area contributed by atoms with Crippen molar-refractivity contribution in [3.63, 3.8) is 0 Å². The summed E-state index contributed by atoms with van der Waals surface area (Å²) in [4.78, 5) is 3.79. The van der Waals surface area contributed by atoms with Crippen molar-refractivity contribution in [2.24, 2.45) is 4.40 Å². The van der Waals surface area contributed by atoms with E-state index in [2.05, 4.69) is 9.38 Å². The maximum absolute atomic E-state index is 10.1. The molecular weight excluding hydrogens is 164 g/mol. The Labute approximate surface area is 66.4 Å². The van der Waals surface area contributed by atoms with E-state index in [1.807, 2.05) is 0 Å². The van der Waals surface area contributed by atoms with Gasteiger partial charge >= 0.3 is 0 Å². The van der Waals surface area contributed by atoms with Crippen molar-refractivity contribution in [1.82, 2.24) is 4.98 Å². The largest absolute Gasteiger partial charge is 0.288 e. The molecule has 4 nitrogen and oxygen atoms in total. The predicted molar refractivity (Wildman–Crippen MR) is 42.6 cm³/mol. The predicted octanol–water partition coefficient (Wildman–Crippen LogP) is 0.637. The monoisotopic (exact) mass is 170 g/mol. The van der Waals surface area contributed by atoms with E-state index >= 15 is 0 Å². The average Bonchev–Trinajstić information content (AvgIpc) is 2.03. The molecule has 1 unspecified atom stereocenters. The number of aromatic nitrogens is 1. The van der Waals surface area contributed by atoms with Crippen LogP contribution in [0.5, 0.6) is 0 Å². The van der Waals surface area contributed by atoms with Gasteiger partial charge in [-0.3, -0.25) is 9.54 Å². The topological polar surface area (TPSA) is 62.5 Å². The highest BCUT2D eigenvalue weighted by Gasteiger charge is 1.85. The molecule has 0 saturated carbocycles. The molecule has 0 bridgehead atoms. The molecule has 0 fully saturated rings. The fourth-order valence-corrected chi connectivity index (χ4v) is 0.770. The molecule has 0 aromatic carbocycles. The fourth-order valence-electron chi connectivity index (χ4n) is 0.558. The molecule has 1 aromatic rings. The zero-order chi connectivity index (χ0) is 8.10. The summed E-state index contributed by atoms with van der Waals surface area (Å²) in [5.41, 5.74) is 0.704. The second-order valence-corrected chi connectivity index (χ2v) is 2.42. The lowest BCUT2D eigenvalue weighted by molar-refractivity contribution is 0.566. The molecule has 0 aliphatic rings. The first-order valence-corrected chi connectivity index (χ1v) is 3.90. The number of hydrogen-bond donors (Lipinski definition) is 1. The van der Waals surface area contributed by atoms with Crippen LogP contribution in [0.4, 0.5) is 0 Å². The van der Waals surface area contributed by atoms with Gasteiger partial charge in [0.05, 0.1) is 0 Å². The molecule has 1 atom stereocenters. The molecule has 0 saturated heterocycles. The highest BCUT2D eigenvalue weighted by atomic mass is 32.2. The van der Waals surface area contributed by atoms with Crippen LogP contribution in [0, 0.1) is 0 Å². The summed E-state index contributed by atoms with van der Waals surface area (Å²) in [6.07, 6.45) is 4.47. The highest BCUT2D eigenvalue weighted by Crippen LogP contribution is 1.90. The van der Waals surface area contributed by atoms with Gasteiger partial charge in [-0.1, -0.05) is 6.07 Å². The van der Waals surface area contributed by atoms with E-state index in [-0.39, 0.29) is 0 Å². The van der Waals surface area contributed by atoms with Crippen LogP contribution in [0.1, 0.15) is 5.56 Å². The molecule has 0 radical (unpaired) electrons. The Morgan fingerprint density at radius 3 is 3.09 bits per heavy atom. The summed E-state index contributed by atoms with van der Waals surface area (Å²) >= 11 is -2.12. The van der Waals surface area contributed by atoms with Gasteiger partial charge in [0, 0.05) is 24.2 Å². The van der Waals surface area contributed by atoms with Gasteiger partial charge in [-0.05, 0) is 6.07 Å². The molecular formula is C6H6N2O2S. The van der Waals surface area contributed by atoms with Crippen molar-refractivity contribution in [2.75, 3.05) is 0 Å². The molecule has 1 rings (SSSR count). The van der Waals surface area contributed by atoms with Gasteiger partial charge in [0.25, 0.3) is 11.3 Å². The number of rotatable bonds is 2. The molecule has 1 aromatic heterocycles. The number of nitrogens with zero attached hydrogens (tertiary/aromatic N) is 2. The molecule has 0 aliphatic carbocycles. The fraction of sp³-hybridized carbons (Fsp3) is 0. The zero-order valence-electron chi connectivity index (χ0n) is 5.54. The van der Waals surface area contributed by atoms with Crippen molar-refractivity contribution < 1.29 is 8.76 Å². The van der Waals surface area contributed by atoms with Gasteiger partial charge in [-0.2, -0.15) is 4.40 Å². The second-order valence-electron chi connectivity index (χ2n) is 1.75. The third-order valence-corrected chi connectivity index (χ3v) is 1.26. The zero-order valence-corrected chi connectivity index (χ0v) is 6.36. The summed E-state index contributed by atoms with van der Waals surface area (Å²) in [5, 5.41) is 0. The Morgan fingerprint density at radius 2 is 2.55 bits per heavy atom. The van der Waals surface area contributed by atoms with E-state index in [4.69, 9.17) is 4.55 Å². The van der Waals surface area contributed by atoms with Gasteiger partial charge in [-0.25, -0.2) is 4.21 Å². The SMILES string of the molecule is O=S(O)N=Cc1cccnc1. The number of hydrogen-bond acceptors (Lipinski definition) is 2. The minimum atomic E-state index is -2.12. The first-order chi connectivity index (χ1) is 5.29. The van der Waals surface area contributed by atoms with Crippen molar-refractivity contribution >= 4 is 17.5 Å². The number of pyridine rings is 1. The first kappa shape index (κ1) is 8.03. The molecule has 0 amide bonds. The van der Waals surface area contributed by atoms with Crippen molar-refractivity contribution in [3.05, 3.63) is 30.1 Å². The van der Waals surface area contributed by atoms with E-state index in [1.165, 1.54) is 6.21 Å². The molecule has 0 aliphatic heterocycles. The van der Waals surface area contributed by atoms with Crippen molar-refractivity contribution in [2.45, 2.75) is 0 Å². The normalized spacial score (nSPS) is 13.5. The molecule has 1 heterocycles. The summed E-state index contributed by atoms with van der Waals surface area (Å²) in [5.74, 6) is 0. The van der Waals surface area contributed by atoms with Crippen LogP contribution in [0.3, 0.4) is 0 Å². The third kappa shape index (κ3) is 3.01. The highest BCUT2D eigenvalue weighted by molar-refractivity contribution is 7.77. The Balaban J connectivity index is 2.72. The minimum Gasteiger partial charge on any atom is -0.288 e. The minimum absolute atomic E-state index is 0.704. The molecule has 0 spiro atoms. The van der Waals surface area contributed by atoms with Crippen LogP contribution < -0.4 is 0 Å². The smallest absolute Gasteiger partial charge is 0.281 e. The first-order valence-electron chi connectivity index (χ1n) is 2.84. The van der Waals surface area contributed by atoms with Crippen LogP contribution in [0.15, 0.2) is 28.9 Å². The Bertz CT molecular complexity index is 273. The standard InChI is InChI=1S/C6H6N2O2S/c9-11(10)8-5-6-2-1-3-7-4-6/h1-5H,(H,9,10). The van der Waals surface area contributed by atoms with E-state index in [0.29, 0.717) is 5.56 Å². The van der Waals surface area contributed by atoms with Crippen LogP contribution in [-0.4, -0.2) is 20.0 Å². The van der Waals surface area contributed by atoms with Gasteiger partial charge in [-0.15, -0.1) is 0 Å². The molecule has 5 heteroatoms. The third-order valence-electron chi connectivity index (χ3n) is 0.976. The van der Waals surface area contributed by atoms with Gasteiger partial charge in [0.1, 0.15) is 0 Å². The average molecular weight is 170 g/mol. The Morgan fingerprint density at radius 1 is 1.73 bits per heavy atom. The second kappa shape index (κ2) is 3.95. The Kier molecular flexibility index (Phi) is 2.88. The summed E-state index contributed by atoms with van der Waals surface area (Å²) in [7, 11) is 0. The van der Waals surface area contributed by atoms with Crippen molar-refractivity contribution in [3.8, 4) is 0 Å². The lowest BCUT2D eigenvalue weighted by atomic mass is 10.3. The van der Waals surface area contributed by atoms with E-state index in [1.54, 1.807) is 24.5 Å². The van der Waals surface area contributed by atoms with Crippen LogP contribution in [-0.2, 0) is 11.3 Å². The van der Waals surface area contributed by atoms with E-state index in [0.717, 1.165) is 0 Å². The molecule has 11 heavy (non-hydrogen) atoms. The Hall–Kier alpha value is -1.07. The van der Waals surface area contributed by atoms with E-state index in [9.17, 15) is 4.21 Å². The van der Waals surface area contributed by atoms with Crippen LogP contribution >= 0.6 is 0 Å². The van der Waals surface area contributed by atoms with Crippen LogP contribution in [0.25, 0.3) is 0 Å². The van der Waals surface area contributed by atoms with E-state index < -0.39 is 11.3 Å². The maximum Gasteiger partial charge on any atom is 0.281 e. The van der Waals surface area contributed by atoms with Gasteiger partial charge in [0.2, 0.25) is 0 Å². The lowest BCUT2D eigenvalue weighted by Crippen LogP contribution is -1.84. The van der Waals surface area contributed by atoms with Crippen LogP contribution in [0.2, 0.25) is 0 Å². The van der Waals surface area contributed by atoms with Gasteiger partial charge in [0.15, 0.2) is 0 Å². The summed E-state index contributed by atoms with van der Waals surface area (Å²) in [6, 6.07) is 3.46. The van der Waals surface area contributed by atoms with Gasteiger partial charge < -0.3 is 0 Å². The lowest BCUT2D eigenvalue weighted by Gasteiger charge is -1.86. The molecule has 1 N–H and O–H groups in total. The molecule has 58 valence electrons. The quantitative estimate of drug-likeness (QED) is 0.523. The van der Waals surface area contributed by atoms with Crippen molar-refractivity contribution in [1.29, 1.82) is 0 Å². The summed E-state index contributed by atoms with van der Waals surface area (Å²) < 4.78 is 21.6. The summed E-state index contributed by atoms with van der Waals surface area (Å²) in [6.45, 7) is 0. The maximum atomic E-state index is 10.1.